The number of nitro groups is 1. The summed E-state index contributed by atoms with van der Waals surface area (Å²) >= 11 is 0. The summed E-state index contributed by atoms with van der Waals surface area (Å²) in [6.45, 7) is 0. The van der Waals surface area contributed by atoms with Crippen LogP contribution in [0.15, 0.2) is 28.0 Å². The molecule has 0 fully saturated rings. The van der Waals surface area contributed by atoms with Gasteiger partial charge in [-0.2, -0.15) is 13.2 Å². The van der Waals surface area contributed by atoms with E-state index in [1.807, 2.05) is 0 Å². The first-order chi connectivity index (χ1) is 9.86. The molecule has 0 saturated heterocycles. The second-order valence-electron chi connectivity index (χ2n) is 3.75. The molecular weight excluding hydrogens is 355 g/mol. The number of hydrogen-bond acceptors (Lipinski definition) is 6. The number of rotatable bonds is 5. The van der Waals surface area contributed by atoms with E-state index < -0.39 is 58.3 Å². The molecule has 0 aliphatic carbocycles. The molecule has 1 aromatic carbocycles. The van der Waals surface area contributed by atoms with E-state index in [1.165, 1.54) is 0 Å². The summed E-state index contributed by atoms with van der Waals surface area (Å²) in [5.41, 5.74) is -6.47. The van der Waals surface area contributed by atoms with Gasteiger partial charge in [0, 0.05) is 6.07 Å². The number of carboxylic acids is 1. The lowest BCUT2D eigenvalue weighted by molar-refractivity contribution is -0.388. The topological polar surface area (TPSA) is 132 Å². The monoisotopic (exact) mass is 361 g/mol. The molecule has 0 aliphatic rings. The number of carbonyl (C=O) groups is 1. The largest absolute Gasteiger partial charge is 0.480 e. The molecule has 0 aliphatic heterocycles. The number of halogens is 3. The number of hydrogen-bond donors (Lipinski definition) is 1. The second-order valence-corrected chi connectivity index (χ2v) is 7.18. The van der Waals surface area contributed by atoms with Crippen molar-refractivity contribution in [3.8, 4) is 0 Å². The van der Waals surface area contributed by atoms with Crippen LogP contribution in [0.5, 0.6) is 0 Å². The van der Waals surface area contributed by atoms with Crippen molar-refractivity contribution in [2.24, 2.45) is 0 Å². The Kier molecular flexibility index (Phi) is 4.92. The van der Waals surface area contributed by atoms with Gasteiger partial charge in [0.2, 0.25) is 0 Å². The molecule has 0 heterocycles. The maximum Gasteiger partial charge on any atom is 0.475 e. The maximum absolute atomic E-state index is 12.3. The fraction of sp³-hybridized carbons (Fsp3) is 0.222. The van der Waals surface area contributed by atoms with Crippen molar-refractivity contribution in [2.75, 3.05) is 5.75 Å². The third-order valence-corrected chi connectivity index (χ3v) is 4.94. The molecule has 122 valence electrons. The Morgan fingerprint density at radius 2 is 1.91 bits per heavy atom. The van der Waals surface area contributed by atoms with E-state index in [-0.39, 0.29) is 6.07 Å². The van der Waals surface area contributed by atoms with E-state index in [1.54, 1.807) is 0 Å². The Morgan fingerprint density at radius 1 is 1.36 bits per heavy atom. The lowest BCUT2D eigenvalue weighted by Gasteiger charge is -2.08. The molecule has 0 radical (unpaired) electrons. The van der Waals surface area contributed by atoms with Gasteiger partial charge in [-0.15, -0.1) is 0 Å². The minimum absolute atomic E-state index is 0.193. The van der Waals surface area contributed by atoms with E-state index in [4.69, 9.17) is 5.11 Å². The molecule has 0 spiro atoms. The molecule has 13 heteroatoms. The van der Waals surface area contributed by atoms with Gasteiger partial charge < -0.3 is 5.11 Å². The van der Waals surface area contributed by atoms with Gasteiger partial charge in [-0.25, -0.2) is 12.6 Å². The van der Waals surface area contributed by atoms with Gasteiger partial charge in [0.25, 0.3) is 5.69 Å². The molecule has 1 rings (SSSR count). The minimum Gasteiger partial charge on any atom is -0.480 e. The smallest absolute Gasteiger partial charge is 0.475 e. The highest BCUT2D eigenvalue weighted by Crippen LogP contribution is 2.32. The summed E-state index contributed by atoms with van der Waals surface area (Å²) in [7, 11) is -8.22. The van der Waals surface area contributed by atoms with Gasteiger partial charge in [-0.3, -0.25) is 14.9 Å². The zero-order valence-corrected chi connectivity index (χ0v) is 11.9. The first-order valence-corrected chi connectivity index (χ1v) is 7.88. The van der Waals surface area contributed by atoms with Crippen LogP contribution in [0.1, 0.15) is 0 Å². The number of carboxylic acid groups (broad SMARTS) is 1. The van der Waals surface area contributed by atoms with Crippen LogP contribution in [-0.2, 0) is 25.4 Å². The van der Waals surface area contributed by atoms with E-state index >= 15 is 0 Å². The van der Waals surface area contributed by atoms with Gasteiger partial charge in [-0.05, 0) is 12.1 Å². The Labute approximate surface area is 123 Å². The molecule has 0 saturated carbocycles. The Morgan fingerprint density at radius 3 is 2.32 bits per heavy atom. The molecular formula is C9H6F3NO7S2. The van der Waals surface area contributed by atoms with Crippen LogP contribution in [0.25, 0.3) is 0 Å². The average molecular weight is 361 g/mol. The number of alkyl halides is 3. The van der Waals surface area contributed by atoms with Gasteiger partial charge in [-0.1, -0.05) is 0 Å². The first-order valence-electron chi connectivity index (χ1n) is 5.08. The Balaban J connectivity index is 3.49. The number of sulfone groups is 1. The first kappa shape index (κ1) is 18.0. The third-order valence-electron chi connectivity index (χ3n) is 2.20. The molecule has 0 bridgehead atoms. The van der Waals surface area contributed by atoms with Crippen molar-refractivity contribution in [1.29, 1.82) is 0 Å². The predicted molar refractivity (Wildman–Crippen MR) is 65.2 cm³/mol. The molecule has 1 unspecified atom stereocenters. The lowest BCUT2D eigenvalue weighted by Crippen LogP contribution is -2.18. The summed E-state index contributed by atoms with van der Waals surface area (Å²) < 4.78 is 71.3. The number of nitrogens with zero attached hydrogens (tertiary/aromatic N) is 1. The van der Waals surface area contributed by atoms with Gasteiger partial charge in [0.1, 0.15) is 4.90 Å². The van der Waals surface area contributed by atoms with Gasteiger partial charge in [0.15, 0.2) is 26.4 Å². The normalized spacial score (nSPS) is 13.6. The molecule has 1 N–H and O–H groups in total. The van der Waals surface area contributed by atoms with Gasteiger partial charge >= 0.3 is 11.5 Å². The van der Waals surface area contributed by atoms with E-state index in [2.05, 4.69) is 0 Å². The average Bonchev–Trinajstić information content (AvgIpc) is 2.34. The summed E-state index contributed by atoms with van der Waals surface area (Å²) in [4.78, 5) is 17.8. The molecule has 22 heavy (non-hydrogen) atoms. The van der Waals surface area contributed by atoms with Crippen molar-refractivity contribution < 1.29 is 40.6 Å². The zero-order chi connectivity index (χ0) is 17.3. The molecule has 0 amide bonds. The van der Waals surface area contributed by atoms with Crippen molar-refractivity contribution in [3.63, 3.8) is 0 Å². The number of benzene rings is 1. The Bertz CT molecular complexity index is 757. The minimum atomic E-state index is -5.19. The fourth-order valence-corrected chi connectivity index (χ4v) is 3.28. The van der Waals surface area contributed by atoms with Crippen LogP contribution in [0, 0.1) is 10.1 Å². The summed E-state index contributed by atoms with van der Waals surface area (Å²) in [5, 5.41) is 19.2. The highest BCUT2D eigenvalue weighted by atomic mass is 32.2. The fourth-order valence-electron chi connectivity index (χ4n) is 1.39. The lowest BCUT2D eigenvalue weighted by atomic mass is 10.3. The quantitative estimate of drug-likeness (QED) is 0.613. The molecule has 1 aromatic rings. The molecule has 0 aromatic heterocycles. The molecule has 1 atom stereocenters. The highest BCUT2D eigenvalue weighted by molar-refractivity contribution is 7.92. The van der Waals surface area contributed by atoms with E-state index in [0.717, 1.165) is 0 Å². The van der Waals surface area contributed by atoms with Crippen molar-refractivity contribution in [1.82, 2.24) is 0 Å². The van der Waals surface area contributed by atoms with Crippen LogP contribution in [-0.4, -0.2) is 39.9 Å². The SMILES string of the molecule is O=C(O)CS(=O)(=O)c1ccc(S(=O)C(F)(F)F)cc1[N+](=O)[O-]. The Hall–Kier alpha value is -2.02. The van der Waals surface area contributed by atoms with E-state index in [0.29, 0.717) is 12.1 Å². The zero-order valence-electron chi connectivity index (χ0n) is 10.2. The summed E-state index contributed by atoms with van der Waals surface area (Å²) in [6.07, 6.45) is 0. The third kappa shape index (κ3) is 4.00. The summed E-state index contributed by atoms with van der Waals surface area (Å²) in [5.74, 6) is -3.27. The standard InChI is InChI=1S/C9H6F3NO7S2/c10-9(11,12)21(18)5-1-2-7(6(3-5)13(16)17)22(19,20)4-8(14)15/h1-3H,4H2,(H,14,15). The van der Waals surface area contributed by atoms with Crippen LogP contribution in [0.3, 0.4) is 0 Å². The van der Waals surface area contributed by atoms with Crippen molar-refractivity contribution in [3.05, 3.63) is 28.3 Å². The molecule has 8 nitrogen and oxygen atoms in total. The van der Waals surface area contributed by atoms with Crippen LogP contribution >= 0.6 is 0 Å². The predicted octanol–water partition coefficient (Wildman–Crippen LogP) is 1.08. The maximum atomic E-state index is 12.3. The van der Waals surface area contributed by atoms with Crippen LogP contribution in [0.2, 0.25) is 0 Å². The van der Waals surface area contributed by atoms with Crippen molar-refractivity contribution in [2.45, 2.75) is 15.3 Å². The van der Waals surface area contributed by atoms with Gasteiger partial charge in [0.05, 0.1) is 9.82 Å². The number of nitro benzene ring substituents is 1. The number of aliphatic carboxylic acids is 1. The van der Waals surface area contributed by atoms with E-state index in [9.17, 15) is 40.7 Å². The highest BCUT2D eigenvalue weighted by Gasteiger charge is 2.39. The van der Waals surface area contributed by atoms with Crippen LogP contribution in [0.4, 0.5) is 18.9 Å². The van der Waals surface area contributed by atoms with Crippen LogP contribution < -0.4 is 0 Å². The second kappa shape index (κ2) is 6.00. The van der Waals surface area contributed by atoms with Crippen molar-refractivity contribution >= 4 is 32.3 Å². The summed E-state index contributed by atoms with van der Waals surface area (Å²) in [6, 6.07) is 1.10.